The van der Waals surface area contributed by atoms with E-state index in [9.17, 15) is 0 Å². The number of rotatable bonds is 3. The molecule has 9 nitrogen and oxygen atoms in total. The molecule has 4 aromatic heterocycles. The van der Waals surface area contributed by atoms with Crippen LogP contribution in [0.4, 0.5) is 5.82 Å². The number of hydrogen-bond donors (Lipinski definition) is 1. The molecular formula is C18H20N8OS. The molecular weight excluding hydrogens is 376 g/mol. The third-order valence-corrected chi connectivity index (χ3v) is 5.85. The zero-order valence-electron chi connectivity index (χ0n) is 15.9. The summed E-state index contributed by atoms with van der Waals surface area (Å²) in [7, 11) is 1.94. The number of hydrogen-bond acceptors (Lipinski definition) is 8. The highest BCUT2D eigenvalue weighted by Gasteiger charge is 2.25. The summed E-state index contributed by atoms with van der Waals surface area (Å²) in [5.74, 6) is 2.23. The molecule has 1 atom stereocenters. The summed E-state index contributed by atoms with van der Waals surface area (Å²) >= 11 is 1.42. The first kappa shape index (κ1) is 17.3. The van der Waals surface area contributed by atoms with Crippen molar-refractivity contribution in [3.63, 3.8) is 0 Å². The van der Waals surface area contributed by atoms with Gasteiger partial charge in [-0.05, 0) is 37.5 Å². The molecule has 5 rings (SSSR count). The van der Waals surface area contributed by atoms with E-state index in [0.717, 1.165) is 39.7 Å². The molecule has 1 fully saturated rings. The Bertz CT molecular complexity index is 1150. The van der Waals surface area contributed by atoms with E-state index in [2.05, 4.69) is 42.5 Å². The standard InChI is InChI=1S/C18H20N8OS/c1-10-9-27-7-6-26(10)14-8-12(13-4-5-19-25(13)3)17-15(21-14)16(24-28-17)18-20-11(2)22-23-18/h4-5,8,10H,6-7,9H2,1-3H3,(H,20,22,23)/t10-/m1/s1. The quantitative estimate of drug-likeness (QED) is 0.568. The summed E-state index contributed by atoms with van der Waals surface area (Å²) in [5, 5.41) is 11.5. The van der Waals surface area contributed by atoms with Crippen molar-refractivity contribution in [2.24, 2.45) is 7.05 Å². The molecule has 4 aromatic rings. The molecule has 1 saturated heterocycles. The van der Waals surface area contributed by atoms with Crippen molar-refractivity contribution in [2.45, 2.75) is 19.9 Å². The summed E-state index contributed by atoms with van der Waals surface area (Å²) < 4.78 is 13.1. The summed E-state index contributed by atoms with van der Waals surface area (Å²) in [6, 6.07) is 4.39. The van der Waals surface area contributed by atoms with Gasteiger partial charge < -0.3 is 9.64 Å². The zero-order valence-corrected chi connectivity index (χ0v) is 16.7. The molecule has 1 aliphatic rings. The van der Waals surface area contributed by atoms with Crippen molar-refractivity contribution in [3.05, 3.63) is 24.2 Å². The molecule has 10 heteroatoms. The second kappa shape index (κ2) is 6.64. The fraction of sp³-hybridized carbons (Fsp3) is 0.389. The predicted octanol–water partition coefficient (Wildman–Crippen LogP) is 2.41. The predicted molar refractivity (Wildman–Crippen MR) is 107 cm³/mol. The van der Waals surface area contributed by atoms with Crippen LogP contribution in [-0.2, 0) is 11.8 Å². The van der Waals surface area contributed by atoms with Crippen molar-refractivity contribution >= 4 is 27.6 Å². The smallest absolute Gasteiger partial charge is 0.203 e. The van der Waals surface area contributed by atoms with Gasteiger partial charge in [0.1, 0.15) is 22.9 Å². The molecule has 5 heterocycles. The molecule has 0 amide bonds. The van der Waals surface area contributed by atoms with E-state index in [1.807, 2.05) is 24.7 Å². The maximum Gasteiger partial charge on any atom is 0.203 e. The van der Waals surface area contributed by atoms with Crippen molar-refractivity contribution < 1.29 is 4.74 Å². The van der Waals surface area contributed by atoms with Crippen LogP contribution in [0, 0.1) is 6.92 Å². The third kappa shape index (κ3) is 2.76. The lowest BCUT2D eigenvalue weighted by molar-refractivity contribution is 0.0986. The van der Waals surface area contributed by atoms with E-state index in [1.165, 1.54) is 11.5 Å². The first-order chi connectivity index (χ1) is 13.6. The van der Waals surface area contributed by atoms with E-state index < -0.39 is 0 Å². The molecule has 0 radical (unpaired) electrons. The highest BCUT2D eigenvalue weighted by Crippen LogP contribution is 2.38. The average Bonchev–Trinajstić information content (AvgIpc) is 3.41. The zero-order chi connectivity index (χ0) is 19.3. The molecule has 1 N–H and O–H groups in total. The van der Waals surface area contributed by atoms with E-state index in [0.29, 0.717) is 24.7 Å². The highest BCUT2D eigenvalue weighted by atomic mass is 32.1. The Labute approximate surface area is 165 Å². The Hall–Kier alpha value is -2.85. The van der Waals surface area contributed by atoms with Crippen molar-refractivity contribution in [2.75, 3.05) is 24.7 Å². The summed E-state index contributed by atoms with van der Waals surface area (Å²) in [6.45, 7) is 6.22. The topological polar surface area (TPSA) is 97.6 Å². The van der Waals surface area contributed by atoms with Gasteiger partial charge in [-0.15, -0.1) is 0 Å². The molecule has 28 heavy (non-hydrogen) atoms. The van der Waals surface area contributed by atoms with Crippen LogP contribution in [0.2, 0.25) is 0 Å². The van der Waals surface area contributed by atoms with Gasteiger partial charge in [-0.3, -0.25) is 9.78 Å². The number of fused-ring (bicyclic) bond motifs is 1. The fourth-order valence-corrected chi connectivity index (χ4v) is 4.39. The summed E-state index contributed by atoms with van der Waals surface area (Å²) in [5.41, 5.74) is 3.61. The number of aromatic nitrogens is 7. The maximum absolute atomic E-state index is 5.61. The van der Waals surface area contributed by atoms with Crippen LogP contribution in [0.3, 0.4) is 0 Å². The number of nitrogens with zero attached hydrogens (tertiary/aromatic N) is 7. The van der Waals surface area contributed by atoms with Gasteiger partial charge in [-0.25, -0.2) is 9.97 Å². The maximum atomic E-state index is 5.61. The Morgan fingerprint density at radius 3 is 2.93 bits per heavy atom. The van der Waals surface area contributed by atoms with Crippen molar-refractivity contribution in [1.82, 2.24) is 34.3 Å². The Morgan fingerprint density at radius 2 is 2.21 bits per heavy atom. The van der Waals surface area contributed by atoms with Crippen molar-refractivity contribution in [3.8, 4) is 22.8 Å². The van der Waals surface area contributed by atoms with Gasteiger partial charge in [-0.2, -0.15) is 14.6 Å². The number of nitrogens with one attached hydrogen (secondary N) is 1. The van der Waals surface area contributed by atoms with Crippen LogP contribution >= 0.6 is 11.5 Å². The van der Waals surface area contributed by atoms with Crippen LogP contribution < -0.4 is 4.90 Å². The Kier molecular flexibility index (Phi) is 4.09. The van der Waals surface area contributed by atoms with Gasteiger partial charge in [-0.1, -0.05) is 0 Å². The Balaban J connectivity index is 1.75. The lowest BCUT2D eigenvalue weighted by Gasteiger charge is -2.34. The molecule has 0 unspecified atom stereocenters. The van der Waals surface area contributed by atoms with E-state index >= 15 is 0 Å². The number of pyridine rings is 1. The van der Waals surface area contributed by atoms with Crippen LogP contribution in [0.25, 0.3) is 33.0 Å². The number of H-pyrrole nitrogens is 1. The van der Waals surface area contributed by atoms with Crippen molar-refractivity contribution in [1.29, 1.82) is 0 Å². The first-order valence-electron chi connectivity index (χ1n) is 9.14. The van der Waals surface area contributed by atoms with Gasteiger partial charge >= 0.3 is 0 Å². The number of ether oxygens (including phenoxy) is 1. The van der Waals surface area contributed by atoms with Crippen LogP contribution in [0.15, 0.2) is 18.3 Å². The van der Waals surface area contributed by atoms with E-state index in [-0.39, 0.29) is 6.04 Å². The second-order valence-electron chi connectivity index (χ2n) is 6.94. The van der Waals surface area contributed by atoms with Gasteiger partial charge in [0.15, 0.2) is 0 Å². The minimum atomic E-state index is 0.249. The monoisotopic (exact) mass is 396 g/mol. The number of morpholine rings is 1. The Morgan fingerprint density at radius 1 is 1.32 bits per heavy atom. The minimum absolute atomic E-state index is 0.249. The number of aromatic amines is 1. The SMILES string of the molecule is Cc1nc(-c2nsc3c(-c4ccnn4C)cc(N4CCOC[C@H]4C)nc23)n[nH]1. The number of anilines is 1. The van der Waals surface area contributed by atoms with Gasteiger partial charge in [0, 0.05) is 25.4 Å². The number of aryl methyl sites for hydroxylation is 2. The molecule has 0 spiro atoms. The minimum Gasteiger partial charge on any atom is -0.377 e. The van der Waals surface area contributed by atoms with Gasteiger partial charge in [0.2, 0.25) is 5.82 Å². The molecule has 0 bridgehead atoms. The normalized spacial score (nSPS) is 17.5. The molecule has 0 aliphatic carbocycles. The summed E-state index contributed by atoms with van der Waals surface area (Å²) in [4.78, 5) is 11.7. The van der Waals surface area contributed by atoms with E-state index in [1.54, 1.807) is 6.20 Å². The van der Waals surface area contributed by atoms with Gasteiger partial charge in [0.25, 0.3) is 0 Å². The molecule has 144 valence electrons. The largest absolute Gasteiger partial charge is 0.377 e. The van der Waals surface area contributed by atoms with Gasteiger partial charge in [0.05, 0.1) is 29.6 Å². The fourth-order valence-electron chi connectivity index (χ4n) is 3.55. The van der Waals surface area contributed by atoms with Crippen LogP contribution in [-0.4, -0.2) is 60.1 Å². The third-order valence-electron chi connectivity index (χ3n) is 4.98. The van der Waals surface area contributed by atoms with E-state index in [4.69, 9.17) is 9.72 Å². The average molecular weight is 396 g/mol. The second-order valence-corrected chi connectivity index (χ2v) is 7.71. The first-order valence-corrected chi connectivity index (χ1v) is 9.91. The molecule has 1 aliphatic heterocycles. The highest BCUT2D eigenvalue weighted by molar-refractivity contribution is 7.14. The summed E-state index contributed by atoms with van der Waals surface area (Å²) in [6.07, 6.45) is 1.80. The van der Waals surface area contributed by atoms with Crippen LogP contribution in [0.1, 0.15) is 12.7 Å². The lowest BCUT2D eigenvalue weighted by atomic mass is 10.1. The van der Waals surface area contributed by atoms with Crippen LogP contribution in [0.5, 0.6) is 0 Å². The molecule has 0 saturated carbocycles. The molecule has 0 aromatic carbocycles. The lowest BCUT2D eigenvalue weighted by Crippen LogP contribution is -2.44.